The number of methoxy groups -OCH3 is 2. The van der Waals surface area contributed by atoms with Gasteiger partial charge < -0.3 is 33.3 Å². The van der Waals surface area contributed by atoms with Gasteiger partial charge in [-0.05, 0) is 91.5 Å². The van der Waals surface area contributed by atoms with Crippen molar-refractivity contribution in [1.29, 1.82) is 0 Å². The molecule has 1 atom stereocenters. The van der Waals surface area contributed by atoms with E-state index >= 15 is 0 Å². The maximum Gasteiger partial charge on any atom is 0.254 e. The zero-order valence-corrected chi connectivity index (χ0v) is 26.8. The molecular weight excluding hydrogens is 600 g/mol. The Labute approximate surface area is 273 Å². The number of hydrogen-bond acceptors (Lipinski definition) is 9. The van der Waals surface area contributed by atoms with E-state index in [9.17, 15) is 9.59 Å². The summed E-state index contributed by atoms with van der Waals surface area (Å²) < 4.78 is 35.9. The Kier molecular flexibility index (Phi) is 8.11. The third-order valence-electron chi connectivity index (χ3n) is 9.14. The van der Waals surface area contributed by atoms with Crippen LogP contribution in [0.5, 0.6) is 46.0 Å². The minimum absolute atomic E-state index is 0.0430. The third kappa shape index (κ3) is 5.69. The monoisotopic (exact) mass is 636 g/mol. The van der Waals surface area contributed by atoms with Gasteiger partial charge >= 0.3 is 0 Å². The van der Waals surface area contributed by atoms with E-state index in [0.717, 1.165) is 47.9 Å². The van der Waals surface area contributed by atoms with Crippen molar-refractivity contribution in [2.75, 3.05) is 48.2 Å². The molecule has 0 saturated carbocycles. The Bertz CT molecular complexity index is 1850. The second-order valence-electron chi connectivity index (χ2n) is 12.0. The van der Waals surface area contributed by atoms with Crippen molar-refractivity contribution in [2.45, 2.75) is 25.3 Å². The topological polar surface area (TPSA) is 96.0 Å². The number of amides is 1. The predicted octanol–water partition coefficient (Wildman–Crippen LogP) is 6.23. The maximum absolute atomic E-state index is 13.1. The summed E-state index contributed by atoms with van der Waals surface area (Å²) in [6.07, 6.45) is 3.03. The van der Waals surface area contributed by atoms with Crippen molar-refractivity contribution >= 4 is 12.2 Å². The van der Waals surface area contributed by atoms with Crippen molar-refractivity contribution in [3.8, 4) is 46.0 Å². The van der Waals surface area contributed by atoms with Crippen molar-refractivity contribution in [2.24, 2.45) is 0 Å². The Balaban J connectivity index is 1.22. The fourth-order valence-corrected chi connectivity index (χ4v) is 6.52. The van der Waals surface area contributed by atoms with Crippen molar-refractivity contribution in [3.05, 3.63) is 94.0 Å². The standard InChI is InChI=1S/C37H36N2O8/c1-38-13-12-25-18-33-35(45-21-44-33)36(47-32-19-27-24(17-30(32)43-4)11-14-39(2)37(27)41)34(25)28(38)15-22-5-8-26(9-6-22)46-31-16-23(20-40)7-10-29(31)42-3/h5-10,16-20,28H,11-15,21H2,1-4H3. The second-order valence-corrected chi connectivity index (χ2v) is 12.0. The lowest BCUT2D eigenvalue weighted by Crippen LogP contribution is -2.34. The first-order valence-corrected chi connectivity index (χ1v) is 15.6. The molecule has 3 heterocycles. The van der Waals surface area contributed by atoms with Gasteiger partial charge in [-0.25, -0.2) is 0 Å². The molecule has 4 aromatic rings. The van der Waals surface area contributed by atoms with E-state index in [0.29, 0.717) is 70.1 Å². The molecule has 0 aromatic heterocycles. The molecule has 0 N–H and O–H groups in total. The summed E-state index contributed by atoms with van der Waals surface area (Å²) in [7, 11) is 7.09. The highest BCUT2D eigenvalue weighted by Crippen LogP contribution is 2.52. The van der Waals surface area contributed by atoms with Gasteiger partial charge in [0.15, 0.2) is 34.5 Å². The fraction of sp³-hybridized carbons (Fsp3) is 0.297. The molecule has 1 amide bonds. The van der Waals surface area contributed by atoms with Crippen LogP contribution in [-0.2, 0) is 19.3 Å². The molecule has 4 aromatic carbocycles. The largest absolute Gasteiger partial charge is 0.493 e. The van der Waals surface area contributed by atoms with Crippen molar-refractivity contribution < 1.29 is 38.0 Å². The van der Waals surface area contributed by atoms with Crippen LogP contribution in [0, 0.1) is 0 Å². The van der Waals surface area contributed by atoms with E-state index in [2.05, 4.69) is 18.0 Å². The first-order chi connectivity index (χ1) is 22.9. The van der Waals surface area contributed by atoms with E-state index in [1.807, 2.05) is 37.4 Å². The number of fused-ring (bicyclic) bond motifs is 3. The van der Waals surface area contributed by atoms with Crippen LogP contribution in [0.2, 0.25) is 0 Å². The van der Waals surface area contributed by atoms with Gasteiger partial charge in [0, 0.05) is 42.9 Å². The van der Waals surface area contributed by atoms with Crippen LogP contribution in [0.15, 0.2) is 60.7 Å². The average Bonchev–Trinajstić information content (AvgIpc) is 3.57. The van der Waals surface area contributed by atoms with Crippen LogP contribution >= 0.6 is 0 Å². The summed E-state index contributed by atoms with van der Waals surface area (Å²) >= 11 is 0. The molecule has 0 fully saturated rings. The normalized spacial score (nSPS) is 16.7. The first kappa shape index (κ1) is 30.4. The first-order valence-electron chi connectivity index (χ1n) is 15.6. The Morgan fingerprint density at radius 3 is 2.36 bits per heavy atom. The van der Waals surface area contributed by atoms with Gasteiger partial charge in [-0.2, -0.15) is 0 Å². The SMILES string of the molecule is COc1ccc(C=O)cc1Oc1ccc(CC2c3c(cc4c(c3Oc3cc5c(cc3OC)CCN(C)C5=O)OCO4)CCN2C)cc1. The minimum Gasteiger partial charge on any atom is -0.493 e. The van der Waals surface area contributed by atoms with E-state index in [1.54, 1.807) is 43.4 Å². The van der Waals surface area contributed by atoms with Gasteiger partial charge in [0.2, 0.25) is 12.5 Å². The molecule has 7 rings (SSSR count). The molecule has 3 aliphatic heterocycles. The van der Waals surface area contributed by atoms with Gasteiger partial charge in [-0.1, -0.05) is 12.1 Å². The molecule has 0 aliphatic carbocycles. The van der Waals surface area contributed by atoms with E-state index in [1.165, 1.54) is 0 Å². The zero-order valence-electron chi connectivity index (χ0n) is 26.8. The Morgan fingerprint density at radius 1 is 0.830 bits per heavy atom. The number of aldehydes is 1. The highest BCUT2D eigenvalue weighted by Gasteiger charge is 2.35. The molecule has 10 nitrogen and oxygen atoms in total. The van der Waals surface area contributed by atoms with Gasteiger partial charge in [-0.15, -0.1) is 0 Å². The highest BCUT2D eigenvalue weighted by molar-refractivity contribution is 5.97. The lowest BCUT2D eigenvalue weighted by atomic mass is 9.87. The number of carbonyl (C=O) groups excluding carboxylic acids is 2. The van der Waals surface area contributed by atoms with Gasteiger partial charge in [0.25, 0.3) is 5.91 Å². The average molecular weight is 637 g/mol. The summed E-state index contributed by atoms with van der Waals surface area (Å²) in [4.78, 5) is 28.4. The molecule has 0 saturated heterocycles. The predicted molar refractivity (Wildman–Crippen MR) is 174 cm³/mol. The van der Waals surface area contributed by atoms with E-state index < -0.39 is 0 Å². The van der Waals surface area contributed by atoms with E-state index in [-0.39, 0.29) is 18.7 Å². The van der Waals surface area contributed by atoms with Crippen LogP contribution < -0.4 is 28.4 Å². The molecule has 47 heavy (non-hydrogen) atoms. The lowest BCUT2D eigenvalue weighted by Gasteiger charge is -2.36. The van der Waals surface area contributed by atoms with Crippen LogP contribution in [0.1, 0.15) is 49.0 Å². The molecule has 1 unspecified atom stereocenters. The van der Waals surface area contributed by atoms with Gasteiger partial charge in [-0.3, -0.25) is 14.5 Å². The number of ether oxygens (including phenoxy) is 6. The molecule has 242 valence electrons. The van der Waals surface area contributed by atoms with Crippen LogP contribution in [0.25, 0.3) is 0 Å². The zero-order chi connectivity index (χ0) is 32.7. The number of likely N-dealkylation sites (N-methyl/N-ethyl adjacent to an activating group) is 2. The molecule has 3 aliphatic rings. The summed E-state index contributed by atoms with van der Waals surface area (Å²) in [5.41, 5.74) is 5.29. The molecule has 0 bridgehead atoms. The highest BCUT2D eigenvalue weighted by atomic mass is 16.7. The number of rotatable bonds is 9. The van der Waals surface area contributed by atoms with Crippen LogP contribution in [0.3, 0.4) is 0 Å². The summed E-state index contributed by atoms with van der Waals surface area (Å²) in [6, 6.07) is 18.7. The molecule has 10 heteroatoms. The van der Waals surface area contributed by atoms with Gasteiger partial charge in [0.05, 0.1) is 14.2 Å². The summed E-state index contributed by atoms with van der Waals surface area (Å²) in [6.45, 7) is 1.61. The Hall–Kier alpha value is -5.22. The minimum atomic E-state index is -0.0456. The smallest absolute Gasteiger partial charge is 0.254 e. The van der Waals surface area contributed by atoms with Crippen LogP contribution in [-0.4, -0.2) is 70.2 Å². The number of benzene rings is 4. The molecule has 0 radical (unpaired) electrons. The maximum atomic E-state index is 13.1. The quantitative estimate of drug-likeness (QED) is 0.198. The lowest BCUT2D eigenvalue weighted by molar-refractivity contribution is 0.0780. The Morgan fingerprint density at radius 2 is 1.60 bits per heavy atom. The summed E-state index contributed by atoms with van der Waals surface area (Å²) in [5.74, 6) is 4.35. The van der Waals surface area contributed by atoms with Crippen molar-refractivity contribution in [1.82, 2.24) is 9.80 Å². The molecule has 0 spiro atoms. The van der Waals surface area contributed by atoms with Crippen LogP contribution in [0.4, 0.5) is 0 Å². The van der Waals surface area contributed by atoms with Crippen molar-refractivity contribution in [3.63, 3.8) is 0 Å². The second kappa shape index (κ2) is 12.5. The number of hydrogen-bond donors (Lipinski definition) is 0. The van der Waals surface area contributed by atoms with Gasteiger partial charge in [0.1, 0.15) is 12.0 Å². The number of nitrogens with zero attached hydrogens (tertiary/aromatic N) is 2. The summed E-state index contributed by atoms with van der Waals surface area (Å²) in [5, 5.41) is 0. The van der Waals surface area contributed by atoms with E-state index in [4.69, 9.17) is 28.4 Å². The third-order valence-corrected chi connectivity index (χ3v) is 9.14. The fourth-order valence-electron chi connectivity index (χ4n) is 6.52. The number of carbonyl (C=O) groups is 2. The molecular formula is C37H36N2O8.